The topological polar surface area (TPSA) is 88.8 Å². The summed E-state index contributed by atoms with van der Waals surface area (Å²) < 4.78 is 15.7. The Hall–Kier alpha value is -2.04. The van der Waals surface area contributed by atoms with Gasteiger partial charge in [0, 0.05) is 7.11 Å². The molecular weight excluding hydrogens is 366 g/mol. The maximum atomic E-state index is 12.0. The van der Waals surface area contributed by atoms with Gasteiger partial charge in [0.2, 0.25) is 0 Å². The van der Waals surface area contributed by atoms with Crippen molar-refractivity contribution in [1.82, 2.24) is 0 Å². The summed E-state index contributed by atoms with van der Waals surface area (Å²) in [5.74, 6) is -0.524. The van der Waals surface area contributed by atoms with Gasteiger partial charge in [-0.2, -0.15) is 5.26 Å². The summed E-state index contributed by atoms with van der Waals surface area (Å²) in [7, 11) is 1.49. The molecule has 0 aliphatic carbocycles. The Morgan fingerprint density at radius 1 is 1.52 bits per heavy atom. The summed E-state index contributed by atoms with van der Waals surface area (Å²) >= 11 is 3.20. The second-order valence-corrected chi connectivity index (χ2v) is 5.48. The average Bonchev–Trinajstić information content (AvgIpc) is 2.49. The summed E-state index contributed by atoms with van der Waals surface area (Å²) in [5.41, 5.74) is 0.360. The van der Waals surface area contributed by atoms with E-state index in [1.54, 1.807) is 19.9 Å². The number of hydrogen-bond donors (Lipinski definition) is 1. The Bertz CT molecular complexity index is 636. The molecule has 0 amide bonds. The van der Waals surface area contributed by atoms with E-state index >= 15 is 0 Å². The molecule has 1 rings (SSSR count). The highest BCUT2D eigenvalue weighted by Crippen LogP contribution is 2.36. The largest absolute Gasteiger partial charge is 0.503 e. The van der Waals surface area contributed by atoms with Gasteiger partial charge in [-0.15, -0.1) is 0 Å². The Morgan fingerprint density at radius 3 is 2.78 bits per heavy atom. The van der Waals surface area contributed by atoms with Crippen molar-refractivity contribution in [2.24, 2.45) is 0 Å². The van der Waals surface area contributed by atoms with Gasteiger partial charge in [-0.3, -0.25) is 0 Å². The lowest BCUT2D eigenvalue weighted by Gasteiger charge is -2.12. The molecule has 124 valence electrons. The standard InChI is InChI=1S/C16H18BrNO5/c1-4-22-14-7-11(6-13(17)15(14)19)5-12(8-18)16(20)23-10(2)9-21-3/h5-7,10,19H,4,9H2,1-3H3/b12-5-. The third kappa shape index (κ3) is 5.58. The van der Waals surface area contributed by atoms with Crippen LogP contribution in [-0.4, -0.2) is 37.5 Å². The zero-order chi connectivity index (χ0) is 17.4. The first-order valence-corrected chi connectivity index (χ1v) is 7.69. The number of halogens is 1. The highest BCUT2D eigenvalue weighted by atomic mass is 79.9. The fourth-order valence-corrected chi connectivity index (χ4v) is 2.22. The number of rotatable bonds is 7. The van der Waals surface area contributed by atoms with Crippen LogP contribution in [-0.2, 0) is 14.3 Å². The third-order valence-corrected chi connectivity index (χ3v) is 3.32. The van der Waals surface area contributed by atoms with E-state index in [1.165, 1.54) is 19.3 Å². The second-order valence-electron chi connectivity index (χ2n) is 4.62. The fraction of sp³-hybridized carbons (Fsp3) is 0.375. The zero-order valence-corrected chi connectivity index (χ0v) is 14.7. The highest BCUT2D eigenvalue weighted by molar-refractivity contribution is 9.10. The smallest absolute Gasteiger partial charge is 0.349 e. The van der Waals surface area contributed by atoms with Crippen molar-refractivity contribution in [3.8, 4) is 17.6 Å². The Balaban J connectivity index is 3.07. The minimum absolute atomic E-state index is 0.0428. The van der Waals surface area contributed by atoms with Crippen LogP contribution in [0.4, 0.5) is 0 Å². The summed E-state index contributed by atoms with van der Waals surface area (Å²) in [4.78, 5) is 12.0. The number of aromatic hydroxyl groups is 1. The number of phenolic OH excluding ortho intramolecular Hbond substituents is 1. The maximum Gasteiger partial charge on any atom is 0.349 e. The molecule has 6 nitrogen and oxygen atoms in total. The van der Waals surface area contributed by atoms with E-state index in [4.69, 9.17) is 19.5 Å². The van der Waals surface area contributed by atoms with Crippen molar-refractivity contribution in [1.29, 1.82) is 5.26 Å². The number of nitrogens with zero attached hydrogens (tertiary/aromatic N) is 1. The van der Waals surface area contributed by atoms with Gasteiger partial charge in [-0.1, -0.05) is 0 Å². The van der Waals surface area contributed by atoms with Gasteiger partial charge >= 0.3 is 5.97 Å². The monoisotopic (exact) mass is 383 g/mol. The molecule has 1 aromatic rings. The molecule has 0 aromatic heterocycles. The average molecular weight is 384 g/mol. The van der Waals surface area contributed by atoms with Gasteiger partial charge in [0.05, 0.1) is 17.7 Å². The van der Waals surface area contributed by atoms with E-state index in [-0.39, 0.29) is 23.7 Å². The number of esters is 1. The van der Waals surface area contributed by atoms with Gasteiger partial charge in [-0.25, -0.2) is 4.79 Å². The van der Waals surface area contributed by atoms with Crippen LogP contribution in [0.3, 0.4) is 0 Å². The van der Waals surface area contributed by atoms with Crippen molar-refractivity contribution in [2.75, 3.05) is 20.3 Å². The van der Waals surface area contributed by atoms with Crippen LogP contribution in [0.25, 0.3) is 6.08 Å². The first-order chi connectivity index (χ1) is 10.9. The van der Waals surface area contributed by atoms with Crippen LogP contribution in [0.5, 0.6) is 11.5 Å². The summed E-state index contributed by atoms with van der Waals surface area (Å²) in [6.45, 7) is 4.06. The van der Waals surface area contributed by atoms with Crippen molar-refractivity contribution in [2.45, 2.75) is 20.0 Å². The molecule has 0 saturated heterocycles. The molecule has 0 aliphatic heterocycles. The minimum Gasteiger partial charge on any atom is -0.503 e. The molecule has 0 heterocycles. The van der Waals surface area contributed by atoms with E-state index < -0.39 is 12.1 Å². The molecule has 1 N–H and O–H groups in total. The number of ether oxygens (including phenoxy) is 3. The van der Waals surface area contributed by atoms with E-state index in [0.29, 0.717) is 16.6 Å². The Morgan fingerprint density at radius 2 is 2.22 bits per heavy atom. The molecule has 0 aliphatic rings. The van der Waals surface area contributed by atoms with Crippen LogP contribution >= 0.6 is 15.9 Å². The SMILES string of the molecule is CCOc1cc(/C=C(/C#N)C(=O)OC(C)COC)cc(Br)c1O. The second kappa shape index (κ2) is 9.18. The number of nitriles is 1. The van der Waals surface area contributed by atoms with Crippen molar-refractivity contribution < 1.29 is 24.1 Å². The fourth-order valence-electron chi connectivity index (χ4n) is 1.76. The van der Waals surface area contributed by atoms with Crippen molar-refractivity contribution in [3.63, 3.8) is 0 Å². The molecule has 1 unspecified atom stereocenters. The number of phenols is 1. The lowest BCUT2D eigenvalue weighted by molar-refractivity contribution is -0.145. The first-order valence-electron chi connectivity index (χ1n) is 6.89. The lowest BCUT2D eigenvalue weighted by atomic mass is 10.1. The first kappa shape index (κ1) is 19.0. The zero-order valence-electron chi connectivity index (χ0n) is 13.1. The molecule has 0 saturated carbocycles. The normalized spacial score (nSPS) is 12.4. The van der Waals surface area contributed by atoms with Gasteiger partial charge < -0.3 is 19.3 Å². The maximum absolute atomic E-state index is 12.0. The minimum atomic E-state index is -0.737. The molecular formula is C16H18BrNO5. The van der Waals surface area contributed by atoms with Gasteiger partial charge in [0.1, 0.15) is 17.7 Å². The van der Waals surface area contributed by atoms with E-state index in [0.717, 1.165) is 0 Å². The molecule has 7 heteroatoms. The Kier molecular flexibility index (Phi) is 7.59. The van der Waals surface area contributed by atoms with Gasteiger partial charge in [0.15, 0.2) is 11.5 Å². The third-order valence-electron chi connectivity index (χ3n) is 2.71. The molecule has 1 atom stereocenters. The predicted octanol–water partition coefficient (Wildman–Crippen LogP) is 3.04. The molecule has 0 spiro atoms. The highest BCUT2D eigenvalue weighted by Gasteiger charge is 2.16. The Labute approximate surface area is 143 Å². The number of carbonyl (C=O) groups excluding carboxylic acids is 1. The summed E-state index contributed by atoms with van der Waals surface area (Å²) in [6, 6.07) is 4.92. The molecule has 0 radical (unpaired) electrons. The number of methoxy groups -OCH3 is 1. The number of carbonyl (C=O) groups is 1. The molecule has 1 aromatic carbocycles. The quantitative estimate of drug-likeness (QED) is 0.442. The number of hydrogen-bond acceptors (Lipinski definition) is 6. The van der Waals surface area contributed by atoms with E-state index in [9.17, 15) is 9.90 Å². The van der Waals surface area contributed by atoms with E-state index in [1.807, 2.05) is 6.07 Å². The van der Waals surface area contributed by atoms with Crippen LogP contribution < -0.4 is 4.74 Å². The van der Waals surface area contributed by atoms with Crippen LogP contribution in [0, 0.1) is 11.3 Å². The lowest BCUT2D eigenvalue weighted by Crippen LogP contribution is -2.20. The number of benzene rings is 1. The molecule has 0 bridgehead atoms. The van der Waals surface area contributed by atoms with Gasteiger partial charge in [-0.05, 0) is 53.5 Å². The molecule has 0 fully saturated rings. The predicted molar refractivity (Wildman–Crippen MR) is 88.0 cm³/mol. The van der Waals surface area contributed by atoms with Crippen molar-refractivity contribution in [3.05, 3.63) is 27.7 Å². The summed E-state index contributed by atoms with van der Waals surface area (Å²) in [5, 5.41) is 19.0. The summed E-state index contributed by atoms with van der Waals surface area (Å²) in [6.07, 6.45) is 0.906. The van der Waals surface area contributed by atoms with Crippen molar-refractivity contribution >= 4 is 28.0 Å². The van der Waals surface area contributed by atoms with Crippen LogP contribution in [0.1, 0.15) is 19.4 Å². The molecule has 23 heavy (non-hydrogen) atoms. The van der Waals surface area contributed by atoms with Crippen LogP contribution in [0.15, 0.2) is 22.2 Å². The van der Waals surface area contributed by atoms with Gasteiger partial charge in [0.25, 0.3) is 0 Å². The van der Waals surface area contributed by atoms with E-state index in [2.05, 4.69) is 15.9 Å². The van der Waals surface area contributed by atoms with Crippen LogP contribution in [0.2, 0.25) is 0 Å².